The van der Waals surface area contributed by atoms with Crippen LogP contribution >= 0.6 is 0 Å². The molecule has 6 nitrogen and oxygen atoms in total. The minimum atomic E-state index is -0.0553. The molecule has 0 aliphatic carbocycles. The summed E-state index contributed by atoms with van der Waals surface area (Å²) in [6.07, 6.45) is 0.522. The van der Waals surface area contributed by atoms with E-state index < -0.39 is 0 Å². The van der Waals surface area contributed by atoms with Gasteiger partial charge in [-0.2, -0.15) is 4.98 Å². The highest BCUT2D eigenvalue weighted by Gasteiger charge is 2.14. The summed E-state index contributed by atoms with van der Waals surface area (Å²) in [5.41, 5.74) is 2.68. The maximum Gasteiger partial charge on any atom is 0.257 e. The van der Waals surface area contributed by atoms with Crippen molar-refractivity contribution in [2.75, 3.05) is 20.2 Å². The molecule has 3 aromatic rings. The van der Waals surface area contributed by atoms with Crippen molar-refractivity contribution in [3.05, 3.63) is 65.5 Å². The fourth-order valence-electron chi connectivity index (χ4n) is 2.62. The first kappa shape index (κ1) is 18.6. The Hall–Kier alpha value is -3.15. The lowest BCUT2D eigenvalue weighted by molar-refractivity contribution is 0.0795. The van der Waals surface area contributed by atoms with E-state index in [0.717, 1.165) is 11.3 Å². The lowest BCUT2D eigenvalue weighted by Gasteiger charge is -2.16. The number of likely N-dealkylation sites (N-methyl/N-ethyl adjacent to an activating group) is 1. The molecule has 0 saturated heterocycles. The van der Waals surface area contributed by atoms with Crippen LogP contribution in [0.5, 0.6) is 5.75 Å². The molecule has 0 N–H and O–H groups in total. The molecule has 0 fully saturated rings. The van der Waals surface area contributed by atoms with Crippen LogP contribution in [0.2, 0.25) is 0 Å². The largest absolute Gasteiger partial charge is 0.494 e. The van der Waals surface area contributed by atoms with Crippen LogP contribution in [0.4, 0.5) is 0 Å². The Morgan fingerprint density at radius 3 is 2.48 bits per heavy atom. The van der Waals surface area contributed by atoms with Crippen LogP contribution in [0.3, 0.4) is 0 Å². The molecule has 0 unspecified atom stereocenters. The number of carbonyl (C=O) groups excluding carboxylic acids is 1. The van der Waals surface area contributed by atoms with Crippen LogP contribution in [0.15, 0.2) is 53.1 Å². The quantitative estimate of drug-likeness (QED) is 0.638. The van der Waals surface area contributed by atoms with Crippen molar-refractivity contribution in [3.8, 4) is 17.2 Å². The van der Waals surface area contributed by atoms with Gasteiger partial charge in [-0.1, -0.05) is 22.9 Å². The van der Waals surface area contributed by atoms with Gasteiger partial charge >= 0.3 is 0 Å². The normalized spacial score (nSPS) is 10.6. The molecule has 1 heterocycles. The molecule has 27 heavy (non-hydrogen) atoms. The molecule has 2 aromatic carbocycles. The number of aromatic nitrogens is 2. The Labute approximate surface area is 158 Å². The molecule has 140 valence electrons. The molecule has 3 rings (SSSR count). The van der Waals surface area contributed by atoms with Crippen molar-refractivity contribution in [2.45, 2.75) is 20.3 Å². The van der Waals surface area contributed by atoms with Gasteiger partial charge < -0.3 is 14.2 Å². The van der Waals surface area contributed by atoms with E-state index in [4.69, 9.17) is 9.26 Å². The number of hydrogen-bond acceptors (Lipinski definition) is 5. The van der Waals surface area contributed by atoms with Crippen molar-refractivity contribution in [1.29, 1.82) is 0 Å². The van der Waals surface area contributed by atoms with Crippen LogP contribution in [0.1, 0.15) is 28.7 Å². The Bertz CT molecular complexity index is 886. The SMILES string of the molecule is CCOc1ccc(C(=O)N(C)CCc2noc(-c3ccc(C)cc3)n2)cc1. The molecule has 0 spiro atoms. The van der Waals surface area contributed by atoms with E-state index in [9.17, 15) is 4.79 Å². The van der Waals surface area contributed by atoms with Gasteiger partial charge in [0.1, 0.15) is 5.75 Å². The summed E-state index contributed by atoms with van der Waals surface area (Å²) in [7, 11) is 1.76. The molecule has 0 aliphatic rings. The lowest BCUT2D eigenvalue weighted by atomic mass is 10.1. The summed E-state index contributed by atoms with van der Waals surface area (Å²) in [5, 5.41) is 4.01. The highest BCUT2D eigenvalue weighted by atomic mass is 16.5. The fourth-order valence-corrected chi connectivity index (χ4v) is 2.62. The van der Waals surface area contributed by atoms with Gasteiger partial charge in [0, 0.05) is 31.1 Å². The van der Waals surface area contributed by atoms with Gasteiger partial charge in [0.25, 0.3) is 11.8 Å². The first-order valence-corrected chi connectivity index (χ1v) is 8.94. The van der Waals surface area contributed by atoms with E-state index in [2.05, 4.69) is 10.1 Å². The van der Waals surface area contributed by atoms with Gasteiger partial charge in [-0.15, -0.1) is 0 Å². The number of rotatable bonds is 7. The Kier molecular flexibility index (Phi) is 5.86. The summed E-state index contributed by atoms with van der Waals surface area (Å²) in [5.74, 6) is 1.77. The van der Waals surface area contributed by atoms with Crippen molar-refractivity contribution in [3.63, 3.8) is 0 Å². The molecule has 1 aromatic heterocycles. The molecule has 0 atom stereocenters. The molecule has 0 radical (unpaired) electrons. The summed E-state index contributed by atoms with van der Waals surface area (Å²) >= 11 is 0. The lowest BCUT2D eigenvalue weighted by Crippen LogP contribution is -2.29. The van der Waals surface area contributed by atoms with Crippen LogP contribution in [0, 0.1) is 6.92 Å². The van der Waals surface area contributed by atoms with Gasteiger partial charge in [0.2, 0.25) is 0 Å². The number of hydrogen-bond donors (Lipinski definition) is 0. The van der Waals surface area contributed by atoms with Crippen molar-refractivity contribution in [2.24, 2.45) is 0 Å². The van der Waals surface area contributed by atoms with Crippen LogP contribution in [-0.2, 0) is 6.42 Å². The van der Waals surface area contributed by atoms with E-state index in [1.54, 1.807) is 36.2 Å². The topological polar surface area (TPSA) is 68.5 Å². The van der Waals surface area contributed by atoms with E-state index in [-0.39, 0.29) is 5.91 Å². The molecular formula is C21H23N3O3. The third-order valence-corrected chi connectivity index (χ3v) is 4.20. The summed E-state index contributed by atoms with van der Waals surface area (Å²) in [4.78, 5) is 18.6. The van der Waals surface area contributed by atoms with Crippen molar-refractivity contribution >= 4 is 5.91 Å². The molecule has 0 aliphatic heterocycles. The summed E-state index contributed by atoms with van der Waals surface area (Å²) in [6.45, 7) is 5.05. The smallest absolute Gasteiger partial charge is 0.257 e. The summed E-state index contributed by atoms with van der Waals surface area (Å²) in [6, 6.07) is 15.1. The summed E-state index contributed by atoms with van der Waals surface area (Å²) < 4.78 is 10.7. The van der Waals surface area contributed by atoms with Crippen LogP contribution in [0.25, 0.3) is 11.5 Å². The van der Waals surface area contributed by atoms with E-state index in [0.29, 0.717) is 36.9 Å². The Balaban J connectivity index is 1.57. The maximum absolute atomic E-state index is 12.5. The molecule has 0 saturated carbocycles. The van der Waals surface area contributed by atoms with Gasteiger partial charge in [0.05, 0.1) is 6.61 Å². The highest BCUT2D eigenvalue weighted by molar-refractivity contribution is 5.94. The average Bonchev–Trinajstić information content (AvgIpc) is 3.16. The molecular weight excluding hydrogens is 342 g/mol. The molecule has 6 heteroatoms. The predicted octanol–water partition coefficient (Wildman–Crippen LogP) is 3.76. The Morgan fingerprint density at radius 1 is 1.11 bits per heavy atom. The van der Waals surface area contributed by atoms with Crippen molar-refractivity contribution in [1.82, 2.24) is 15.0 Å². The zero-order valence-electron chi connectivity index (χ0n) is 15.8. The van der Waals surface area contributed by atoms with Crippen molar-refractivity contribution < 1.29 is 14.1 Å². The number of ether oxygens (including phenoxy) is 1. The number of carbonyl (C=O) groups is 1. The zero-order valence-corrected chi connectivity index (χ0v) is 15.8. The van der Waals surface area contributed by atoms with Gasteiger partial charge in [-0.05, 0) is 50.2 Å². The third kappa shape index (κ3) is 4.73. The van der Waals surface area contributed by atoms with Gasteiger partial charge in [-0.3, -0.25) is 4.79 Å². The predicted molar refractivity (Wildman–Crippen MR) is 103 cm³/mol. The first-order chi connectivity index (χ1) is 13.1. The Morgan fingerprint density at radius 2 is 1.81 bits per heavy atom. The minimum Gasteiger partial charge on any atom is -0.494 e. The number of amides is 1. The zero-order chi connectivity index (χ0) is 19.2. The second kappa shape index (κ2) is 8.49. The van der Waals surface area contributed by atoms with Gasteiger partial charge in [-0.25, -0.2) is 0 Å². The van der Waals surface area contributed by atoms with Gasteiger partial charge in [0.15, 0.2) is 5.82 Å². The average molecular weight is 365 g/mol. The second-order valence-corrected chi connectivity index (χ2v) is 6.32. The van der Waals surface area contributed by atoms with E-state index in [1.165, 1.54) is 5.56 Å². The number of nitrogens with zero attached hydrogens (tertiary/aromatic N) is 3. The highest BCUT2D eigenvalue weighted by Crippen LogP contribution is 2.18. The number of benzene rings is 2. The first-order valence-electron chi connectivity index (χ1n) is 8.94. The second-order valence-electron chi connectivity index (χ2n) is 6.32. The standard InChI is InChI=1S/C21H23N3O3/c1-4-26-18-11-9-17(10-12-18)21(25)24(3)14-13-19-22-20(27-23-19)16-7-5-15(2)6-8-16/h5-12H,4,13-14H2,1-3H3. The van der Waals surface area contributed by atoms with Crippen LogP contribution in [-0.4, -0.2) is 41.1 Å². The third-order valence-electron chi connectivity index (χ3n) is 4.20. The molecule has 1 amide bonds. The monoisotopic (exact) mass is 365 g/mol. The number of aryl methyl sites for hydroxylation is 1. The fraction of sp³-hybridized carbons (Fsp3) is 0.286. The minimum absolute atomic E-state index is 0.0553. The molecule has 0 bridgehead atoms. The maximum atomic E-state index is 12.5. The van der Waals surface area contributed by atoms with Crippen LogP contribution < -0.4 is 4.74 Å². The van der Waals surface area contributed by atoms with E-state index >= 15 is 0 Å². The van der Waals surface area contributed by atoms with E-state index in [1.807, 2.05) is 38.1 Å².